The summed E-state index contributed by atoms with van der Waals surface area (Å²) >= 11 is 0. The van der Waals surface area contributed by atoms with Crippen LogP contribution in [0.25, 0.3) is 0 Å². The molecule has 6 nitrogen and oxygen atoms in total. The molecule has 3 aliphatic rings. The van der Waals surface area contributed by atoms with Crippen LogP contribution >= 0.6 is 0 Å². The first kappa shape index (κ1) is 14.4. The monoisotopic (exact) mass is 316 g/mol. The maximum absolute atomic E-state index is 12.1. The van der Waals surface area contributed by atoms with Crippen LogP contribution in [0.1, 0.15) is 42.5 Å². The topological polar surface area (TPSA) is 76.7 Å². The van der Waals surface area contributed by atoms with Crippen LogP contribution in [-0.4, -0.2) is 18.6 Å². The second-order valence-electron chi connectivity index (χ2n) is 6.71. The van der Waals surface area contributed by atoms with Gasteiger partial charge in [-0.25, -0.2) is 0 Å². The van der Waals surface area contributed by atoms with Gasteiger partial charge in [-0.15, -0.1) is 0 Å². The summed E-state index contributed by atoms with van der Waals surface area (Å²) in [5.41, 5.74) is 5.42. The molecule has 2 fully saturated rings. The molecule has 23 heavy (non-hydrogen) atoms. The number of amides is 2. The predicted molar refractivity (Wildman–Crippen MR) is 81.7 cm³/mol. The van der Waals surface area contributed by atoms with Crippen molar-refractivity contribution < 1.29 is 19.1 Å². The largest absolute Gasteiger partial charge is 0.454 e. The van der Waals surface area contributed by atoms with Crippen molar-refractivity contribution in [3.63, 3.8) is 0 Å². The molecule has 2 saturated carbocycles. The molecule has 2 aliphatic carbocycles. The Morgan fingerprint density at radius 1 is 1.09 bits per heavy atom. The van der Waals surface area contributed by atoms with E-state index in [9.17, 15) is 9.59 Å². The molecule has 2 bridgehead atoms. The Morgan fingerprint density at radius 2 is 1.96 bits per heavy atom. The van der Waals surface area contributed by atoms with E-state index in [0.717, 1.165) is 12.3 Å². The van der Waals surface area contributed by atoms with E-state index in [4.69, 9.17) is 9.47 Å². The molecular weight excluding hydrogens is 296 g/mol. The Labute approximate surface area is 134 Å². The first-order valence-corrected chi connectivity index (χ1v) is 8.18. The fourth-order valence-corrected chi connectivity index (χ4v) is 4.15. The minimum absolute atomic E-state index is 0.114. The van der Waals surface area contributed by atoms with Crippen LogP contribution in [0, 0.1) is 17.8 Å². The van der Waals surface area contributed by atoms with Crippen LogP contribution in [0.5, 0.6) is 11.5 Å². The fourth-order valence-electron chi connectivity index (χ4n) is 4.15. The van der Waals surface area contributed by atoms with Gasteiger partial charge in [0.15, 0.2) is 11.5 Å². The number of benzene rings is 1. The van der Waals surface area contributed by atoms with E-state index in [-0.39, 0.29) is 18.6 Å². The van der Waals surface area contributed by atoms with Gasteiger partial charge in [0.05, 0.1) is 0 Å². The third-order valence-electron chi connectivity index (χ3n) is 5.28. The van der Waals surface area contributed by atoms with Crippen molar-refractivity contribution in [2.24, 2.45) is 17.8 Å². The van der Waals surface area contributed by atoms with Crippen LogP contribution in [0.3, 0.4) is 0 Å². The van der Waals surface area contributed by atoms with Gasteiger partial charge in [-0.05, 0) is 55.2 Å². The van der Waals surface area contributed by atoms with E-state index < -0.39 is 0 Å². The van der Waals surface area contributed by atoms with Crippen molar-refractivity contribution in [2.75, 3.05) is 6.79 Å². The smallest absolute Gasteiger partial charge is 0.269 e. The number of carbonyl (C=O) groups excluding carboxylic acids is 2. The first-order chi connectivity index (χ1) is 11.2. The molecule has 122 valence electrons. The number of carbonyl (C=O) groups is 2. The number of fused-ring (bicyclic) bond motifs is 3. The third-order valence-corrected chi connectivity index (χ3v) is 5.28. The minimum atomic E-state index is -0.357. The molecule has 3 atom stereocenters. The van der Waals surface area contributed by atoms with Gasteiger partial charge in [0.1, 0.15) is 0 Å². The van der Waals surface area contributed by atoms with Gasteiger partial charge in [-0.3, -0.25) is 20.4 Å². The van der Waals surface area contributed by atoms with E-state index in [1.807, 2.05) is 0 Å². The summed E-state index contributed by atoms with van der Waals surface area (Å²) in [4.78, 5) is 24.1. The summed E-state index contributed by atoms with van der Waals surface area (Å²) < 4.78 is 10.4. The summed E-state index contributed by atoms with van der Waals surface area (Å²) in [5.74, 6) is 2.71. The Hall–Kier alpha value is -2.24. The standard InChI is InChI=1S/C17H20N2O4/c20-16(8-13-6-10-1-2-11(13)5-10)18-19-17(21)12-3-4-14-15(7-12)23-9-22-14/h3-4,7,10-11,13H,1-2,5-6,8-9H2,(H,18,20)(H,19,21). The number of ether oxygens (including phenoxy) is 2. The zero-order valence-corrected chi connectivity index (χ0v) is 12.8. The van der Waals surface area contributed by atoms with Crippen LogP contribution in [0.15, 0.2) is 18.2 Å². The zero-order chi connectivity index (χ0) is 15.8. The Kier molecular flexibility index (Phi) is 3.59. The molecule has 0 spiro atoms. The van der Waals surface area contributed by atoms with E-state index in [2.05, 4.69) is 10.9 Å². The van der Waals surface area contributed by atoms with Crippen molar-refractivity contribution in [1.82, 2.24) is 10.9 Å². The van der Waals surface area contributed by atoms with E-state index >= 15 is 0 Å². The summed E-state index contributed by atoms with van der Waals surface area (Å²) in [6, 6.07) is 4.94. The molecule has 4 rings (SSSR count). The molecule has 0 saturated heterocycles. The van der Waals surface area contributed by atoms with Gasteiger partial charge in [0.25, 0.3) is 5.91 Å². The van der Waals surface area contributed by atoms with Crippen LogP contribution < -0.4 is 20.3 Å². The molecule has 2 N–H and O–H groups in total. The predicted octanol–water partition coefficient (Wildman–Crippen LogP) is 2.00. The lowest BCUT2D eigenvalue weighted by Crippen LogP contribution is -2.42. The second kappa shape index (κ2) is 5.76. The van der Waals surface area contributed by atoms with Crippen LogP contribution in [0.2, 0.25) is 0 Å². The SMILES string of the molecule is O=C(CC1CC2CCC1C2)NNC(=O)c1ccc2c(c1)OCO2. The highest BCUT2D eigenvalue weighted by Crippen LogP contribution is 2.49. The maximum Gasteiger partial charge on any atom is 0.269 e. The maximum atomic E-state index is 12.1. The normalized spacial score (nSPS) is 27.0. The minimum Gasteiger partial charge on any atom is -0.454 e. The lowest BCUT2D eigenvalue weighted by Gasteiger charge is -2.20. The van der Waals surface area contributed by atoms with E-state index in [0.29, 0.717) is 35.3 Å². The highest BCUT2D eigenvalue weighted by atomic mass is 16.7. The highest BCUT2D eigenvalue weighted by Gasteiger charge is 2.40. The van der Waals surface area contributed by atoms with Crippen molar-refractivity contribution in [3.05, 3.63) is 23.8 Å². The van der Waals surface area contributed by atoms with Gasteiger partial charge in [0, 0.05) is 12.0 Å². The Bertz CT molecular complexity index is 645. The van der Waals surface area contributed by atoms with Gasteiger partial charge in [0.2, 0.25) is 12.7 Å². The average molecular weight is 316 g/mol. The summed E-state index contributed by atoms with van der Waals surface area (Å²) in [7, 11) is 0. The highest BCUT2D eigenvalue weighted by molar-refractivity contribution is 5.96. The zero-order valence-electron chi connectivity index (χ0n) is 12.8. The molecule has 1 heterocycles. The fraction of sp³-hybridized carbons (Fsp3) is 0.529. The van der Waals surface area contributed by atoms with Crippen molar-refractivity contribution >= 4 is 11.8 Å². The molecule has 6 heteroatoms. The number of rotatable bonds is 3. The van der Waals surface area contributed by atoms with Gasteiger partial charge < -0.3 is 9.47 Å². The lowest BCUT2D eigenvalue weighted by atomic mass is 9.86. The molecule has 0 radical (unpaired) electrons. The summed E-state index contributed by atoms with van der Waals surface area (Å²) in [6.45, 7) is 0.167. The van der Waals surface area contributed by atoms with Gasteiger partial charge in [-0.2, -0.15) is 0 Å². The van der Waals surface area contributed by atoms with E-state index in [1.165, 1.54) is 19.3 Å². The quantitative estimate of drug-likeness (QED) is 0.836. The van der Waals surface area contributed by atoms with Crippen molar-refractivity contribution in [2.45, 2.75) is 32.1 Å². The van der Waals surface area contributed by atoms with Gasteiger partial charge in [-0.1, -0.05) is 6.42 Å². The van der Waals surface area contributed by atoms with E-state index in [1.54, 1.807) is 18.2 Å². The molecular formula is C17H20N2O4. The lowest BCUT2D eigenvalue weighted by molar-refractivity contribution is -0.123. The van der Waals surface area contributed by atoms with Crippen molar-refractivity contribution in [3.8, 4) is 11.5 Å². The Balaban J connectivity index is 1.28. The number of hydrogen-bond acceptors (Lipinski definition) is 4. The molecule has 1 aliphatic heterocycles. The molecule has 1 aromatic carbocycles. The molecule has 2 amide bonds. The van der Waals surface area contributed by atoms with Gasteiger partial charge >= 0.3 is 0 Å². The first-order valence-electron chi connectivity index (χ1n) is 8.18. The number of nitrogens with one attached hydrogen (secondary N) is 2. The van der Waals surface area contributed by atoms with Crippen LogP contribution in [0.4, 0.5) is 0 Å². The van der Waals surface area contributed by atoms with Crippen LogP contribution in [-0.2, 0) is 4.79 Å². The molecule has 1 aromatic rings. The second-order valence-corrected chi connectivity index (χ2v) is 6.71. The average Bonchev–Trinajstić information content (AvgIpc) is 3.27. The Morgan fingerprint density at radius 3 is 2.74 bits per heavy atom. The number of hydrogen-bond donors (Lipinski definition) is 2. The van der Waals surface area contributed by atoms with Crippen molar-refractivity contribution in [1.29, 1.82) is 0 Å². The number of hydrazine groups is 1. The summed E-state index contributed by atoms with van der Waals surface area (Å²) in [6.07, 6.45) is 5.52. The third kappa shape index (κ3) is 2.85. The molecule has 3 unspecified atom stereocenters. The molecule has 0 aromatic heterocycles. The summed E-state index contributed by atoms with van der Waals surface area (Å²) in [5, 5.41) is 0.